The lowest BCUT2D eigenvalue weighted by Gasteiger charge is -2.26. The van der Waals surface area contributed by atoms with Gasteiger partial charge in [-0.2, -0.15) is 0 Å². The van der Waals surface area contributed by atoms with Gasteiger partial charge < -0.3 is 5.11 Å². The van der Waals surface area contributed by atoms with Crippen LogP contribution in [0.15, 0.2) is 60.7 Å². The first-order chi connectivity index (χ1) is 20.1. The van der Waals surface area contributed by atoms with Crippen molar-refractivity contribution < 1.29 is 21.9 Å². The zero-order chi connectivity index (χ0) is 31.7. The van der Waals surface area contributed by atoms with E-state index in [2.05, 4.69) is 61.8 Å². The monoisotopic (exact) mass is 723 g/mol. The number of hydrogen-bond donors (Lipinski definition) is 1. The summed E-state index contributed by atoms with van der Waals surface area (Å²) in [7, 11) is -5.50. The van der Waals surface area contributed by atoms with Crippen LogP contribution >= 0.6 is 0 Å². The average Bonchev–Trinajstić information content (AvgIpc) is 2.97. The van der Waals surface area contributed by atoms with E-state index < -0.39 is 19.7 Å². The van der Waals surface area contributed by atoms with Crippen LogP contribution in [0.4, 0.5) is 0 Å². The first-order valence-electron chi connectivity index (χ1n) is 15.6. The summed E-state index contributed by atoms with van der Waals surface area (Å²) < 4.78 is 44.9. The Kier molecular flexibility index (Phi) is 48.7. The quantitative estimate of drug-likeness (QED) is 0.285. The summed E-state index contributed by atoms with van der Waals surface area (Å²) in [6.45, 7) is 15.0. The molecule has 2 aromatic carbocycles. The number of unbranched alkanes of at least 4 members (excludes halogenated alkanes) is 3. The maximum atomic E-state index is 11.2. The van der Waals surface area contributed by atoms with Gasteiger partial charge in [0, 0.05) is 45.9 Å². The van der Waals surface area contributed by atoms with E-state index in [4.69, 9.17) is 5.11 Å². The summed E-state index contributed by atoms with van der Waals surface area (Å²) in [5, 5.41) is 7.57. The molecule has 0 bridgehead atoms. The molecule has 2 aromatic rings. The molecule has 0 radical (unpaired) electrons. The maximum Gasteiger partial charge on any atom is 0.152 e. The number of aliphatic hydroxyl groups is 1. The van der Waals surface area contributed by atoms with Crippen molar-refractivity contribution in [2.45, 2.75) is 124 Å². The van der Waals surface area contributed by atoms with Gasteiger partial charge in [0.15, 0.2) is 19.7 Å². The fourth-order valence-corrected chi connectivity index (χ4v) is 6.55. The van der Waals surface area contributed by atoms with Crippen LogP contribution in [0.2, 0.25) is 0 Å². The van der Waals surface area contributed by atoms with E-state index in [0.29, 0.717) is 49.2 Å². The van der Waals surface area contributed by atoms with E-state index in [9.17, 15) is 16.8 Å². The summed E-state index contributed by atoms with van der Waals surface area (Å²) in [5.74, 6) is 1.22. The first-order valence-corrected chi connectivity index (χ1v) is 19.2. The second kappa shape index (κ2) is 38.0. The molecule has 2 heterocycles. The zero-order valence-electron chi connectivity index (χ0n) is 26.9. The number of aliphatic hydroxyl groups excluding tert-OH is 1. The highest BCUT2D eigenvalue weighted by atomic mass is 32.2. The molecular weight excluding hydrogens is 641 g/mol. The van der Waals surface area contributed by atoms with Gasteiger partial charge in [-0.05, 0) is 18.1 Å². The van der Waals surface area contributed by atoms with E-state index >= 15 is 0 Å². The van der Waals surface area contributed by atoms with Crippen LogP contribution in [0, 0.1) is 0 Å². The SMILES string of the molecule is C.C.C.C.C.C.CCC.CCCCCC.CCO.O=S1(=O)CCN(Cc2ccccc2)CC1.O=S1(=O)CCN(Cc2ccccc2)CC1. The fraction of sp³-hybridized carbons (Fsp3) is 0.692. The lowest BCUT2D eigenvalue weighted by Crippen LogP contribution is -2.39. The van der Waals surface area contributed by atoms with Gasteiger partial charge in [0.1, 0.15) is 0 Å². The summed E-state index contributed by atoms with van der Waals surface area (Å²) in [6.07, 6.45) is 6.79. The Bertz CT molecular complexity index is 980. The van der Waals surface area contributed by atoms with Crippen molar-refractivity contribution in [2.75, 3.05) is 55.8 Å². The minimum Gasteiger partial charge on any atom is -0.397 e. The van der Waals surface area contributed by atoms with Gasteiger partial charge >= 0.3 is 0 Å². The van der Waals surface area contributed by atoms with Gasteiger partial charge in [-0.3, -0.25) is 9.80 Å². The molecule has 2 aliphatic heterocycles. The maximum absolute atomic E-state index is 11.2. The van der Waals surface area contributed by atoms with Crippen LogP contribution < -0.4 is 0 Å². The van der Waals surface area contributed by atoms with Gasteiger partial charge in [-0.1, -0.05) is 165 Å². The lowest BCUT2D eigenvalue weighted by molar-refractivity contribution is 0.287. The van der Waals surface area contributed by atoms with Crippen LogP contribution in [0.1, 0.15) is 122 Å². The van der Waals surface area contributed by atoms with Gasteiger partial charge in [-0.25, -0.2) is 16.8 Å². The number of nitrogens with zero attached hydrogens (tertiary/aromatic N) is 2. The van der Waals surface area contributed by atoms with Crippen molar-refractivity contribution in [1.29, 1.82) is 0 Å². The van der Waals surface area contributed by atoms with Crippen LogP contribution in [-0.4, -0.2) is 87.5 Å². The molecule has 4 rings (SSSR count). The predicted molar refractivity (Wildman–Crippen MR) is 220 cm³/mol. The highest BCUT2D eigenvalue weighted by Crippen LogP contribution is 2.10. The number of benzene rings is 2. The molecule has 2 fully saturated rings. The summed E-state index contributed by atoms with van der Waals surface area (Å²) in [4.78, 5) is 4.38. The van der Waals surface area contributed by atoms with E-state index in [1.807, 2.05) is 36.4 Å². The summed E-state index contributed by atoms with van der Waals surface area (Å²) >= 11 is 0. The summed E-state index contributed by atoms with van der Waals surface area (Å²) in [5.41, 5.74) is 2.49. The minimum atomic E-state index is -2.75. The molecule has 290 valence electrons. The third-order valence-corrected chi connectivity index (χ3v) is 9.55. The number of sulfone groups is 2. The largest absolute Gasteiger partial charge is 0.397 e. The smallest absolute Gasteiger partial charge is 0.152 e. The highest BCUT2D eigenvalue weighted by molar-refractivity contribution is 7.91. The molecule has 48 heavy (non-hydrogen) atoms. The molecule has 2 aliphatic rings. The number of rotatable bonds is 7. The average molecular weight is 723 g/mol. The molecule has 0 saturated carbocycles. The molecule has 0 aliphatic carbocycles. The molecule has 0 unspecified atom stereocenters. The summed E-state index contributed by atoms with van der Waals surface area (Å²) in [6, 6.07) is 20.3. The third-order valence-electron chi connectivity index (χ3n) is 6.33. The van der Waals surface area contributed by atoms with Gasteiger partial charge in [-0.15, -0.1) is 0 Å². The van der Waals surface area contributed by atoms with Crippen molar-refractivity contribution in [1.82, 2.24) is 9.80 Å². The molecule has 0 aromatic heterocycles. The van der Waals surface area contributed by atoms with Crippen LogP contribution in [0.5, 0.6) is 0 Å². The lowest BCUT2D eigenvalue weighted by atomic mass is 10.2. The van der Waals surface area contributed by atoms with E-state index in [-0.39, 0.29) is 51.2 Å². The van der Waals surface area contributed by atoms with Gasteiger partial charge in [0.2, 0.25) is 0 Å². The molecule has 0 amide bonds. The van der Waals surface area contributed by atoms with Crippen molar-refractivity contribution in [3.8, 4) is 0 Å². The molecule has 0 spiro atoms. The Morgan fingerprint density at radius 3 is 0.958 bits per heavy atom. The predicted octanol–water partition coefficient (Wildman–Crippen LogP) is 9.65. The normalized spacial score (nSPS) is 15.2. The third kappa shape index (κ3) is 34.1. The second-order valence-electron chi connectivity index (χ2n) is 10.6. The fourth-order valence-electron chi connectivity index (χ4n) is 4.00. The van der Waals surface area contributed by atoms with Crippen molar-refractivity contribution >= 4 is 19.7 Å². The molecular formula is C39H82N2O5S2. The van der Waals surface area contributed by atoms with Gasteiger partial charge in [0.05, 0.1) is 23.0 Å². The minimum absolute atomic E-state index is 0. The second-order valence-corrected chi connectivity index (χ2v) is 15.2. The van der Waals surface area contributed by atoms with E-state index in [0.717, 1.165) is 13.1 Å². The van der Waals surface area contributed by atoms with Gasteiger partial charge in [0.25, 0.3) is 0 Å². The topological polar surface area (TPSA) is 95.0 Å². The Balaban J connectivity index is -0.0000000966. The highest BCUT2D eigenvalue weighted by Gasteiger charge is 2.22. The van der Waals surface area contributed by atoms with E-state index in [1.165, 1.54) is 43.2 Å². The number of hydrogen-bond acceptors (Lipinski definition) is 7. The van der Waals surface area contributed by atoms with Crippen molar-refractivity contribution in [3.05, 3.63) is 71.8 Å². The Morgan fingerprint density at radius 1 is 0.521 bits per heavy atom. The molecule has 1 N–H and O–H groups in total. The van der Waals surface area contributed by atoms with Crippen molar-refractivity contribution in [3.63, 3.8) is 0 Å². The standard InChI is InChI=1S/2C11H15NO2S.C6H14.C3H8.C2H6O.6CH4/c2*13-15(14)8-6-12(7-9-15)10-11-4-2-1-3-5-11;1-3-5-6-4-2;1-3-2;1-2-3;;;;;;/h2*1-5H,6-10H2;3-6H2,1-2H3;3H2,1-2H3;3H,2H2,1H3;6*1H4. The van der Waals surface area contributed by atoms with E-state index in [1.54, 1.807) is 6.92 Å². The Labute approximate surface area is 302 Å². The first kappa shape index (κ1) is 61.4. The van der Waals surface area contributed by atoms with Crippen molar-refractivity contribution in [2.24, 2.45) is 0 Å². The molecule has 0 atom stereocenters. The molecule has 2 saturated heterocycles. The zero-order valence-corrected chi connectivity index (χ0v) is 28.5. The molecule has 9 heteroatoms. The molecule has 7 nitrogen and oxygen atoms in total. The van der Waals surface area contributed by atoms with Crippen LogP contribution in [-0.2, 0) is 32.8 Å². The van der Waals surface area contributed by atoms with Crippen LogP contribution in [0.25, 0.3) is 0 Å². The van der Waals surface area contributed by atoms with Crippen LogP contribution in [0.3, 0.4) is 0 Å². The Hall–Kier alpha value is -1.78. The Morgan fingerprint density at radius 2 is 0.750 bits per heavy atom.